The molecule has 0 aliphatic carbocycles. The van der Waals surface area contributed by atoms with Gasteiger partial charge in [0.25, 0.3) is 5.91 Å². The molecule has 0 atom stereocenters. The van der Waals surface area contributed by atoms with Gasteiger partial charge in [-0.3, -0.25) is 4.79 Å². The second-order valence-corrected chi connectivity index (χ2v) is 5.69. The molecule has 5 heteroatoms. The van der Waals surface area contributed by atoms with Crippen molar-refractivity contribution in [1.82, 2.24) is 14.8 Å². The maximum absolute atomic E-state index is 12.4. The Morgan fingerprint density at radius 2 is 2.24 bits per heavy atom. The van der Waals surface area contributed by atoms with Crippen molar-refractivity contribution >= 4 is 21.8 Å². The summed E-state index contributed by atoms with van der Waals surface area (Å²) in [6.07, 6.45) is 1.96. The number of rotatable bonds is 3. The first kappa shape index (κ1) is 12.6. The Balaban J connectivity index is 2.23. The van der Waals surface area contributed by atoms with Gasteiger partial charge in [0.05, 0.1) is 6.04 Å². The third-order valence-corrected chi connectivity index (χ3v) is 3.65. The van der Waals surface area contributed by atoms with Gasteiger partial charge in [0.15, 0.2) is 0 Å². The lowest BCUT2D eigenvalue weighted by Gasteiger charge is -2.35. The van der Waals surface area contributed by atoms with E-state index in [9.17, 15) is 4.79 Å². The van der Waals surface area contributed by atoms with Gasteiger partial charge >= 0.3 is 0 Å². The predicted molar refractivity (Wildman–Crippen MR) is 71.3 cm³/mol. The Morgan fingerprint density at radius 3 is 2.71 bits per heavy atom. The quantitative estimate of drug-likeness (QED) is 0.925. The summed E-state index contributed by atoms with van der Waals surface area (Å²) in [5.41, 5.74) is 0.751. The van der Waals surface area contributed by atoms with Gasteiger partial charge < -0.3 is 14.8 Å². The van der Waals surface area contributed by atoms with Gasteiger partial charge in [-0.15, -0.1) is 0 Å². The summed E-state index contributed by atoms with van der Waals surface area (Å²) < 4.78 is 2.96. The Hall–Kier alpha value is -0.810. The van der Waals surface area contributed by atoms with Gasteiger partial charge in [-0.1, -0.05) is 0 Å². The predicted octanol–water partition coefficient (Wildman–Crippen LogP) is 1.88. The molecule has 2 rings (SSSR count). The smallest absolute Gasteiger partial charge is 0.270 e. The van der Waals surface area contributed by atoms with Gasteiger partial charge in [-0.2, -0.15) is 0 Å². The van der Waals surface area contributed by atoms with Crippen molar-refractivity contribution in [3.8, 4) is 0 Å². The average molecular weight is 300 g/mol. The van der Waals surface area contributed by atoms with E-state index in [1.807, 2.05) is 28.8 Å². The molecule has 0 bridgehead atoms. The minimum absolute atomic E-state index is 0.0934. The summed E-state index contributed by atoms with van der Waals surface area (Å²) in [6.45, 7) is 5.94. The summed E-state index contributed by atoms with van der Waals surface area (Å²) in [7, 11) is 1.87. The van der Waals surface area contributed by atoms with Crippen LogP contribution < -0.4 is 5.32 Å². The first-order valence-electron chi connectivity index (χ1n) is 5.86. The van der Waals surface area contributed by atoms with Crippen LogP contribution >= 0.6 is 15.9 Å². The highest BCUT2D eigenvalue weighted by Gasteiger charge is 2.28. The molecular formula is C12H18BrN3O. The fourth-order valence-corrected chi connectivity index (χ4v) is 2.38. The molecule has 1 N–H and O–H groups in total. The topological polar surface area (TPSA) is 37.3 Å². The van der Waals surface area contributed by atoms with Crippen molar-refractivity contribution in [3.63, 3.8) is 0 Å². The van der Waals surface area contributed by atoms with Crippen LogP contribution in [0.2, 0.25) is 0 Å². The van der Waals surface area contributed by atoms with Gasteiger partial charge in [-0.25, -0.2) is 0 Å². The van der Waals surface area contributed by atoms with E-state index in [1.165, 1.54) is 0 Å². The number of carbonyl (C=O) groups is 1. The lowest BCUT2D eigenvalue weighted by atomic mass is 10.1. The van der Waals surface area contributed by atoms with Crippen LogP contribution in [0.5, 0.6) is 0 Å². The number of carbonyl (C=O) groups excluding carboxylic acids is 1. The second-order valence-electron chi connectivity index (χ2n) is 4.77. The van der Waals surface area contributed by atoms with Crippen LogP contribution in [0.3, 0.4) is 0 Å². The van der Waals surface area contributed by atoms with E-state index in [0.29, 0.717) is 6.04 Å². The fourth-order valence-electron chi connectivity index (χ4n) is 1.94. The molecule has 1 saturated heterocycles. The lowest BCUT2D eigenvalue weighted by molar-refractivity contribution is 0.0668. The van der Waals surface area contributed by atoms with E-state index >= 15 is 0 Å². The Labute approximate surface area is 110 Å². The van der Waals surface area contributed by atoms with Gasteiger partial charge in [-0.05, 0) is 35.8 Å². The number of nitrogens with one attached hydrogen (secondary N) is 1. The maximum Gasteiger partial charge on any atom is 0.270 e. The molecule has 1 aromatic heterocycles. The molecule has 0 aromatic carbocycles. The van der Waals surface area contributed by atoms with Gasteiger partial charge in [0.1, 0.15) is 5.69 Å². The molecular weight excluding hydrogens is 282 g/mol. The molecule has 2 heterocycles. The van der Waals surface area contributed by atoms with E-state index in [-0.39, 0.29) is 11.9 Å². The van der Waals surface area contributed by atoms with Crippen LogP contribution in [-0.2, 0) is 0 Å². The molecule has 1 aliphatic heterocycles. The van der Waals surface area contributed by atoms with Gasteiger partial charge in [0.2, 0.25) is 0 Å². The maximum atomic E-state index is 12.4. The fraction of sp³-hybridized carbons (Fsp3) is 0.583. The van der Waals surface area contributed by atoms with Crippen molar-refractivity contribution in [1.29, 1.82) is 0 Å². The normalized spacial score (nSPS) is 16.1. The number of hydrogen-bond donors (Lipinski definition) is 1. The SMILES string of the molecule is CC(C)n1cc(Br)cc1C(=O)N(C)C1CNC1. The van der Waals surface area contributed by atoms with E-state index < -0.39 is 0 Å². The Morgan fingerprint density at radius 1 is 1.59 bits per heavy atom. The molecule has 4 nitrogen and oxygen atoms in total. The number of aromatic nitrogens is 1. The van der Waals surface area contributed by atoms with Crippen molar-refractivity contribution in [3.05, 3.63) is 22.4 Å². The molecule has 17 heavy (non-hydrogen) atoms. The minimum Gasteiger partial charge on any atom is -0.340 e. The highest BCUT2D eigenvalue weighted by atomic mass is 79.9. The zero-order valence-electron chi connectivity index (χ0n) is 10.4. The van der Waals surface area contributed by atoms with Crippen molar-refractivity contribution in [2.75, 3.05) is 20.1 Å². The molecule has 94 valence electrons. The van der Waals surface area contributed by atoms with Crippen LogP contribution in [0.15, 0.2) is 16.7 Å². The summed E-state index contributed by atoms with van der Waals surface area (Å²) in [4.78, 5) is 14.2. The van der Waals surface area contributed by atoms with Crippen molar-refractivity contribution < 1.29 is 4.79 Å². The summed E-state index contributed by atoms with van der Waals surface area (Å²) in [5.74, 6) is 0.0934. The van der Waals surface area contributed by atoms with E-state index in [4.69, 9.17) is 0 Å². The molecule has 0 unspecified atom stereocenters. The third kappa shape index (κ3) is 2.40. The number of likely N-dealkylation sites (N-methyl/N-ethyl adjacent to an activating group) is 1. The van der Waals surface area contributed by atoms with E-state index in [2.05, 4.69) is 35.1 Å². The van der Waals surface area contributed by atoms with E-state index in [1.54, 1.807) is 0 Å². The monoisotopic (exact) mass is 299 g/mol. The van der Waals surface area contributed by atoms with E-state index in [0.717, 1.165) is 23.3 Å². The van der Waals surface area contributed by atoms with Crippen molar-refractivity contribution in [2.45, 2.75) is 25.9 Å². The van der Waals surface area contributed by atoms with Crippen molar-refractivity contribution in [2.24, 2.45) is 0 Å². The summed E-state index contributed by atoms with van der Waals surface area (Å²) in [5, 5.41) is 3.18. The second kappa shape index (κ2) is 4.82. The first-order chi connectivity index (χ1) is 8.00. The molecule has 0 radical (unpaired) electrons. The first-order valence-corrected chi connectivity index (χ1v) is 6.65. The van der Waals surface area contributed by atoms with Crippen LogP contribution in [0.4, 0.5) is 0 Å². The molecule has 1 aliphatic rings. The molecule has 1 aromatic rings. The highest BCUT2D eigenvalue weighted by molar-refractivity contribution is 9.10. The lowest BCUT2D eigenvalue weighted by Crippen LogP contribution is -2.57. The highest BCUT2D eigenvalue weighted by Crippen LogP contribution is 2.21. The standard InChI is InChI=1S/C12H18BrN3O/c1-8(2)16-7-9(13)4-11(16)12(17)15(3)10-5-14-6-10/h4,7-8,10,14H,5-6H2,1-3H3. The van der Waals surface area contributed by atoms with Crippen LogP contribution in [-0.4, -0.2) is 41.6 Å². The van der Waals surface area contributed by atoms with Crippen LogP contribution in [0.25, 0.3) is 0 Å². The minimum atomic E-state index is 0.0934. The summed E-state index contributed by atoms with van der Waals surface area (Å²) in [6, 6.07) is 2.51. The number of amides is 1. The zero-order valence-corrected chi connectivity index (χ0v) is 12.0. The number of halogens is 1. The van der Waals surface area contributed by atoms with Gasteiger partial charge in [0, 0.05) is 36.8 Å². The number of nitrogens with zero attached hydrogens (tertiary/aromatic N) is 2. The molecule has 1 fully saturated rings. The van der Waals surface area contributed by atoms with Crippen LogP contribution in [0, 0.1) is 0 Å². The average Bonchev–Trinajstić information content (AvgIpc) is 2.56. The molecule has 0 spiro atoms. The molecule has 0 saturated carbocycles. The molecule has 1 amide bonds. The number of hydrogen-bond acceptors (Lipinski definition) is 2. The largest absolute Gasteiger partial charge is 0.340 e. The van der Waals surface area contributed by atoms with Crippen LogP contribution in [0.1, 0.15) is 30.4 Å². The summed E-state index contributed by atoms with van der Waals surface area (Å²) >= 11 is 3.43. The Kier molecular flexibility index (Phi) is 3.58. The third-order valence-electron chi connectivity index (χ3n) is 3.22. The zero-order chi connectivity index (χ0) is 12.6. The Bertz CT molecular complexity index is 423.